The molecule has 1 aromatic heterocycles. The number of nitrogens with zero attached hydrogens (tertiary/aromatic N) is 5. The average Bonchev–Trinajstić information content (AvgIpc) is 0.861. The number of carboxylic acid groups (broad SMARTS) is 1. The normalized spacial score (nSPS) is 25.0. The van der Waals surface area contributed by atoms with Gasteiger partial charge >= 0.3 is 5.97 Å². The number of primary amides is 1. The molecular formula is C94H125F2N17O19S. The number of hydrogen-bond donors (Lipinski definition) is 16. The second-order valence-electron chi connectivity index (χ2n) is 35.0. The number of aromatic hydroxyl groups is 1. The first-order valence-electron chi connectivity index (χ1n) is 44.9. The fraction of sp³-hybridized carbons (Fsp3) is 0.500. The molecule has 39 heteroatoms. The molecule has 0 saturated carbocycles. The molecule has 720 valence electrons. The van der Waals surface area contributed by atoms with E-state index in [1.807, 2.05) is 6.92 Å². The van der Waals surface area contributed by atoms with Crippen molar-refractivity contribution in [1.82, 2.24) is 77.3 Å². The Kier molecular flexibility index (Phi) is 39.2. The highest BCUT2D eigenvalue weighted by Crippen LogP contribution is 2.30. The predicted molar refractivity (Wildman–Crippen MR) is 490 cm³/mol. The maximum atomic E-state index is 15.7. The maximum absolute atomic E-state index is 15.7. The minimum Gasteiger partial charge on any atom is -0.508 e. The number of phenolic OH excluding ortho intramolecular Hbond substituents is 1. The first-order valence-corrected chi connectivity index (χ1v) is 46.0. The van der Waals surface area contributed by atoms with Crippen LogP contribution in [-0.4, -0.2) is 295 Å². The van der Waals surface area contributed by atoms with Crippen molar-refractivity contribution in [3.8, 4) is 5.75 Å². The number of amides is 13. The summed E-state index contributed by atoms with van der Waals surface area (Å²) < 4.78 is 29.9. The average molecular weight is 1870 g/mol. The molecule has 15 atom stereocenters. The molecule has 2 unspecified atom stereocenters. The van der Waals surface area contributed by atoms with Crippen molar-refractivity contribution < 1.29 is 101 Å². The number of halogens is 2. The number of likely N-dealkylation sites (N-methyl/N-ethyl adjacent to an activating group) is 3. The Morgan fingerprint density at radius 2 is 1.17 bits per heavy atom. The third kappa shape index (κ3) is 29.6. The molecule has 4 heterocycles. The second kappa shape index (κ2) is 50.0. The van der Waals surface area contributed by atoms with Crippen molar-refractivity contribution in [3.63, 3.8) is 0 Å². The Labute approximate surface area is 775 Å². The monoisotopic (exact) mass is 1870 g/mol. The molecule has 3 aliphatic heterocycles. The van der Waals surface area contributed by atoms with E-state index < -0.39 is 247 Å². The van der Waals surface area contributed by atoms with Crippen LogP contribution in [0.3, 0.4) is 0 Å². The van der Waals surface area contributed by atoms with Gasteiger partial charge in [0.25, 0.3) is 0 Å². The number of carbonyl (C=O) groups excluding carboxylic acids is 14. The van der Waals surface area contributed by atoms with Gasteiger partial charge in [-0.2, -0.15) is 0 Å². The molecule has 13 amide bonds. The summed E-state index contributed by atoms with van der Waals surface area (Å²) in [7, 11) is 4.02. The second-order valence-corrected chi connectivity index (χ2v) is 36.0. The number of rotatable bonds is 24. The van der Waals surface area contributed by atoms with Crippen molar-refractivity contribution in [2.24, 2.45) is 23.3 Å². The van der Waals surface area contributed by atoms with Crippen LogP contribution in [0.2, 0.25) is 0 Å². The van der Waals surface area contributed by atoms with E-state index in [0.717, 1.165) is 38.6 Å². The summed E-state index contributed by atoms with van der Waals surface area (Å²) in [5.74, 6) is -19.2. The Morgan fingerprint density at radius 1 is 0.586 bits per heavy atom. The third-order valence-electron chi connectivity index (χ3n) is 24.2. The van der Waals surface area contributed by atoms with Crippen LogP contribution >= 0.6 is 11.8 Å². The van der Waals surface area contributed by atoms with E-state index in [0.29, 0.717) is 46.0 Å². The molecule has 5 aromatic carbocycles. The molecule has 133 heavy (non-hydrogen) atoms. The number of aliphatic hydroxyl groups excluding tert-OH is 2. The lowest BCUT2D eigenvalue weighted by Crippen LogP contribution is -2.62. The Hall–Kier alpha value is -12.3. The summed E-state index contributed by atoms with van der Waals surface area (Å²) in [4.78, 5) is 231. The SMILES string of the molecule is CCCC[C@H]1C(O)N2CCC[C@@H]2C(=O)N[C@@H](CC(=O)O)C(=O)N[C@@H](C(C)C)C(=O)N(C)[C@H](Cc2ccccc2)C(=O)CN[C@@H](CCCN)C(=O)N2C[C@H](O)CC2C(=O)N[C@@H](Cc2c[nH]c3ccccc23)C(=O)N[C@@H](Cc2ccc(O)cc2)C(=O)N[C@@H](CC(C)C)C(=O)N[C@H](C(=O)NCC(N)=O)CSCC(=O)N[C@@H](Cc2ccc(F)c(F)c2)C(=O)N(C)[C@@H](Cc2ccccc2)C(=O)N1C. The standard InChI is InChI=1S/C94H125F2N17O19S/c1-9-10-28-74-93(131)112-37-20-29-73(112)88(126)106-70(46-81(119)120)87(125)108-82(54(4)5)94(132)110(7)75(42-55-21-13-11-14-22-55)78(116)48-100-66(27-19-36-97)91(129)113-50-61(115)45-76(113)89(127)105-69(44-59-47-99-65-26-18-17-25-62(59)65)86(124)104-68(40-57-30-33-60(114)34-31-57)85(123)103-67(38-53(2)3)84(122)107-72(83(121)101-49-79(98)117)51-133-52-80(118)102-71(41-58-32-35-63(95)64(96)39-58)90(128)111(8)77(92(130)109(74)6)43-56-23-15-12-16-24-56/h11-18,21-26,30-35,39,47,53-54,61,66-77,82,93,99-100,114-115,131H,9-10,19-20,27-29,36-38,40-46,48-52,97H2,1-8H3,(H2,98,117)(H,101,121)(H,102,118)(H,103,123)(H,104,124)(H,105,127)(H,106,126)(H,107,122)(H,108,125)(H,119,120)/t61-,66+,67+,68+,69+,70+,71+,72+,73-,74+,75-,76?,77+,82+,93?/m1/s1. The fourth-order valence-corrected chi connectivity index (χ4v) is 17.7. The van der Waals surface area contributed by atoms with Gasteiger partial charge in [0.15, 0.2) is 17.4 Å². The molecule has 0 aliphatic carbocycles. The maximum Gasteiger partial charge on any atom is 0.305 e. The van der Waals surface area contributed by atoms with Crippen LogP contribution < -0.4 is 59.3 Å². The van der Waals surface area contributed by atoms with Gasteiger partial charge in [-0.25, -0.2) is 8.78 Å². The van der Waals surface area contributed by atoms with Gasteiger partial charge < -0.3 is 99.0 Å². The molecule has 9 rings (SSSR count). The Balaban J connectivity index is 1.12. The third-order valence-corrected chi connectivity index (χ3v) is 25.2. The molecule has 3 fully saturated rings. The van der Waals surface area contributed by atoms with Crippen LogP contribution in [-0.2, 0) is 104 Å². The van der Waals surface area contributed by atoms with Gasteiger partial charge in [-0.1, -0.05) is 145 Å². The highest BCUT2D eigenvalue weighted by molar-refractivity contribution is 8.00. The summed E-state index contributed by atoms with van der Waals surface area (Å²) in [5, 5.41) is 69.9. The lowest BCUT2D eigenvalue weighted by atomic mass is 9.97. The molecule has 6 aromatic rings. The first kappa shape index (κ1) is 104. The molecule has 3 aliphatic rings. The number of aromatic nitrogens is 1. The zero-order chi connectivity index (χ0) is 97.0. The van der Waals surface area contributed by atoms with E-state index in [2.05, 4.69) is 52.8 Å². The highest BCUT2D eigenvalue weighted by Gasteiger charge is 2.47. The number of thioether (sulfide) groups is 1. The lowest BCUT2D eigenvalue weighted by Gasteiger charge is -2.41. The van der Waals surface area contributed by atoms with E-state index in [-0.39, 0.29) is 95.0 Å². The van der Waals surface area contributed by atoms with Gasteiger partial charge in [0, 0.05) is 89.2 Å². The number of ketones is 1. The van der Waals surface area contributed by atoms with E-state index in [1.165, 1.54) is 61.3 Å². The molecular weight excluding hydrogens is 1740 g/mol. The van der Waals surface area contributed by atoms with Crippen molar-refractivity contribution >= 4 is 111 Å². The summed E-state index contributed by atoms with van der Waals surface area (Å²) in [5.41, 5.74) is 14.2. The summed E-state index contributed by atoms with van der Waals surface area (Å²) >= 11 is 0.738. The minimum atomic E-state index is -1.87. The number of nitrogens with one attached hydrogen (secondary N) is 10. The number of aromatic amines is 1. The van der Waals surface area contributed by atoms with Gasteiger partial charge in [-0.05, 0) is 121 Å². The predicted octanol–water partition coefficient (Wildman–Crippen LogP) is 1.27. The summed E-state index contributed by atoms with van der Waals surface area (Å²) in [6.45, 7) is 6.79. The quantitative estimate of drug-likeness (QED) is 0.0406. The number of aliphatic hydroxyl groups is 2. The van der Waals surface area contributed by atoms with Crippen LogP contribution in [0.5, 0.6) is 5.75 Å². The van der Waals surface area contributed by atoms with Crippen molar-refractivity contribution in [2.75, 3.05) is 65.4 Å². The number of carboxylic acids is 1. The smallest absolute Gasteiger partial charge is 0.305 e. The van der Waals surface area contributed by atoms with E-state index >= 15 is 47.5 Å². The van der Waals surface area contributed by atoms with Gasteiger partial charge in [-0.15, -0.1) is 11.8 Å². The van der Waals surface area contributed by atoms with Gasteiger partial charge in [0.2, 0.25) is 76.8 Å². The lowest BCUT2D eigenvalue weighted by molar-refractivity contribution is -0.152. The molecule has 0 bridgehead atoms. The highest BCUT2D eigenvalue weighted by atomic mass is 32.2. The summed E-state index contributed by atoms with van der Waals surface area (Å²) in [6, 6.07) is 12.9. The molecule has 3 saturated heterocycles. The van der Waals surface area contributed by atoms with Crippen molar-refractivity contribution in [1.29, 1.82) is 0 Å². The van der Waals surface area contributed by atoms with E-state index in [4.69, 9.17) is 11.5 Å². The number of hydrogen-bond acceptors (Lipinski definition) is 22. The number of Topliss-reactive ketones (excluding diaryl/α,β-unsaturated/α-hetero) is 1. The van der Waals surface area contributed by atoms with Crippen LogP contribution in [0.1, 0.15) is 127 Å². The number of nitrogens with two attached hydrogens (primary N) is 2. The van der Waals surface area contributed by atoms with Gasteiger partial charge in [0.05, 0.1) is 55.5 Å². The number of carbonyl (C=O) groups is 15. The van der Waals surface area contributed by atoms with Gasteiger partial charge in [-0.3, -0.25) is 82.1 Å². The number of unbranched alkanes of at least 4 members (excludes halogenated alkanes) is 1. The number of H-pyrrole nitrogens is 1. The number of para-hydroxylation sites is 1. The molecule has 18 N–H and O–H groups in total. The van der Waals surface area contributed by atoms with E-state index in [1.54, 1.807) is 119 Å². The fourth-order valence-electron chi connectivity index (χ4n) is 16.9. The Bertz CT molecular complexity index is 5060. The molecule has 0 spiro atoms. The number of aliphatic carboxylic acids is 1. The molecule has 0 radical (unpaired) electrons. The van der Waals surface area contributed by atoms with Crippen LogP contribution in [0.4, 0.5) is 8.78 Å². The minimum absolute atomic E-state index is 0.00802. The topological polar surface area (TPSA) is 529 Å². The van der Waals surface area contributed by atoms with Gasteiger partial charge in [0.1, 0.15) is 66.4 Å². The van der Waals surface area contributed by atoms with Crippen LogP contribution in [0, 0.1) is 23.5 Å². The number of benzene rings is 5. The summed E-state index contributed by atoms with van der Waals surface area (Å²) in [6.07, 6.45) is -2.86. The van der Waals surface area contributed by atoms with E-state index in [9.17, 15) is 53.6 Å². The zero-order valence-corrected chi connectivity index (χ0v) is 76.9. The molecule has 36 nitrogen and oxygen atoms in total. The van der Waals surface area contributed by atoms with Crippen LogP contribution in [0.15, 0.2) is 134 Å². The Morgan fingerprint density at radius 3 is 1.80 bits per heavy atom. The zero-order valence-electron chi connectivity index (χ0n) is 76.0. The number of fused-ring (bicyclic) bond motifs is 3. The number of phenols is 1. The first-order chi connectivity index (χ1) is 63.3. The largest absolute Gasteiger partial charge is 0.508 e. The van der Waals surface area contributed by atoms with Crippen molar-refractivity contribution in [2.45, 2.75) is 222 Å². The van der Waals surface area contributed by atoms with Crippen LogP contribution in [0.25, 0.3) is 10.9 Å². The van der Waals surface area contributed by atoms with Crippen molar-refractivity contribution in [3.05, 3.63) is 173 Å².